The molecule has 0 fully saturated rings. The molecule has 0 bridgehead atoms. The van der Waals surface area contributed by atoms with E-state index in [-0.39, 0.29) is 59.9 Å². The molecule has 3 rings (SSSR count). The van der Waals surface area contributed by atoms with Crippen molar-refractivity contribution < 1.29 is 27.1 Å². The topological polar surface area (TPSA) is 146 Å². The van der Waals surface area contributed by atoms with Crippen molar-refractivity contribution in [2.45, 2.75) is 31.2 Å². The number of carbonyl (C=O) groups excluding carboxylic acids is 2. The van der Waals surface area contributed by atoms with Crippen molar-refractivity contribution in [3.05, 3.63) is 58.6 Å². The number of rotatable bonds is 10. The van der Waals surface area contributed by atoms with Gasteiger partial charge in [-0.05, 0) is 43.3 Å². The van der Waals surface area contributed by atoms with Crippen LogP contribution in [0.1, 0.15) is 30.1 Å². The van der Waals surface area contributed by atoms with Gasteiger partial charge < -0.3 is 9.30 Å². The number of thiazole rings is 1. The van der Waals surface area contributed by atoms with Gasteiger partial charge in [-0.15, -0.1) is 0 Å². The van der Waals surface area contributed by atoms with Crippen LogP contribution in [0.4, 0.5) is 4.39 Å². The molecule has 0 saturated carbocycles. The van der Waals surface area contributed by atoms with Crippen molar-refractivity contribution in [3.8, 4) is 12.1 Å². The first kappa shape index (κ1) is 27.7. The number of hydrogen-bond acceptors (Lipinski definition) is 8. The lowest BCUT2D eigenvalue weighted by Gasteiger charge is -2.20. The molecule has 0 spiro atoms. The Morgan fingerprint density at radius 2 is 1.76 bits per heavy atom. The maximum atomic E-state index is 14.5. The lowest BCUT2D eigenvalue weighted by Crippen LogP contribution is -2.32. The smallest absolute Gasteiger partial charge is 0.326 e. The summed E-state index contributed by atoms with van der Waals surface area (Å²) in [5.41, 5.74) is 0.184. The molecular weight excluding hydrogens is 521 g/mol. The second-order valence-electron chi connectivity index (χ2n) is 7.52. The van der Waals surface area contributed by atoms with E-state index in [1.165, 1.54) is 41.0 Å². The van der Waals surface area contributed by atoms with E-state index in [9.17, 15) is 22.4 Å². The number of nitrogens with zero attached hydrogens (tertiary/aromatic N) is 5. The van der Waals surface area contributed by atoms with Crippen LogP contribution in [0.2, 0.25) is 0 Å². The number of nitriles is 2. The van der Waals surface area contributed by atoms with Crippen molar-refractivity contribution in [2.75, 3.05) is 19.7 Å². The lowest BCUT2D eigenvalue weighted by atomic mass is 10.2. The van der Waals surface area contributed by atoms with Crippen molar-refractivity contribution in [1.82, 2.24) is 8.87 Å². The molecule has 192 valence electrons. The third-order valence-electron chi connectivity index (χ3n) is 5.13. The van der Waals surface area contributed by atoms with Gasteiger partial charge in [0.15, 0.2) is 4.80 Å². The number of hydrogen-bond donors (Lipinski definition) is 0. The summed E-state index contributed by atoms with van der Waals surface area (Å²) in [5, 5.41) is 17.6. The molecule has 0 aliphatic carbocycles. The van der Waals surface area contributed by atoms with Crippen molar-refractivity contribution in [3.63, 3.8) is 0 Å². The number of para-hydroxylation sites is 1. The zero-order chi connectivity index (χ0) is 27.0. The molecule has 0 aliphatic heterocycles. The minimum atomic E-state index is -4.00. The highest BCUT2D eigenvalue weighted by atomic mass is 32.2. The van der Waals surface area contributed by atoms with Gasteiger partial charge >= 0.3 is 5.97 Å². The van der Waals surface area contributed by atoms with E-state index in [2.05, 4.69) is 4.99 Å². The number of halogens is 1. The molecule has 13 heteroatoms. The third kappa shape index (κ3) is 6.46. The van der Waals surface area contributed by atoms with Crippen LogP contribution in [-0.2, 0) is 26.1 Å². The number of ether oxygens (including phenoxy) is 1. The molecule has 1 aromatic heterocycles. The maximum Gasteiger partial charge on any atom is 0.326 e. The number of esters is 1. The van der Waals surface area contributed by atoms with E-state index >= 15 is 0 Å². The molecule has 1 amide bonds. The van der Waals surface area contributed by atoms with Crippen molar-refractivity contribution in [2.24, 2.45) is 4.99 Å². The number of amides is 1. The summed E-state index contributed by atoms with van der Waals surface area (Å²) < 4.78 is 48.2. The Morgan fingerprint density at radius 1 is 1.11 bits per heavy atom. The summed E-state index contributed by atoms with van der Waals surface area (Å²) in [7, 11) is -4.00. The summed E-state index contributed by atoms with van der Waals surface area (Å²) in [5.74, 6) is -1.93. The fourth-order valence-corrected chi connectivity index (χ4v) is 5.91. The van der Waals surface area contributed by atoms with Crippen LogP contribution in [0.3, 0.4) is 0 Å². The Bertz CT molecular complexity index is 1550. The first-order valence-electron chi connectivity index (χ1n) is 11.1. The standard InChI is InChI=1S/C24H22FN5O5S2/c1-2-35-21(31)16-30-22-19(25)6-3-7-20(22)36-24(30)28-23(32)17-8-10-18(11-9-17)37(33,34)29(14-4-12-26)15-5-13-27/h3,6-11H,2,4-5,14-16H2,1H3. The van der Waals surface area contributed by atoms with Gasteiger partial charge in [-0.25, -0.2) is 12.8 Å². The summed E-state index contributed by atoms with van der Waals surface area (Å²) >= 11 is 1.02. The van der Waals surface area contributed by atoms with Crippen LogP contribution in [-0.4, -0.2) is 48.9 Å². The molecule has 10 nitrogen and oxygen atoms in total. The Hall–Kier alpha value is -3.91. The molecule has 3 aromatic rings. The van der Waals surface area contributed by atoms with Gasteiger partial charge in [-0.1, -0.05) is 17.4 Å². The molecular formula is C24H22FN5O5S2. The average Bonchev–Trinajstić information content (AvgIpc) is 3.21. The van der Waals surface area contributed by atoms with E-state index in [4.69, 9.17) is 15.3 Å². The van der Waals surface area contributed by atoms with Gasteiger partial charge in [0.25, 0.3) is 5.91 Å². The predicted molar refractivity (Wildman–Crippen MR) is 132 cm³/mol. The zero-order valence-corrected chi connectivity index (χ0v) is 21.4. The number of benzene rings is 2. The van der Waals surface area contributed by atoms with E-state index < -0.39 is 27.7 Å². The summed E-state index contributed by atoms with van der Waals surface area (Å²) in [6, 6.07) is 13.2. The van der Waals surface area contributed by atoms with Crippen LogP contribution < -0.4 is 4.80 Å². The molecule has 37 heavy (non-hydrogen) atoms. The highest BCUT2D eigenvalue weighted by Gasteiger charge is 2.24. The quantitative estimate of drug-likeness (QED) is 0.357. The summed E-state index contributed by atoms with van der Waals surface area (Å²) in [6.07, 6.45) is -0.0800. The van der Waals surface area contributed by atoms with Gasteiger partial charge in [0, 0.05) is 31.5 Å². The van der Waals surface area contributed by atoms with Gasteiger partial charge in [0.2, 0.25) is 10.0 Å². The normalized spacial score (nSPS) is 11.9. The minimum absolute atomic E-state index is 0.0400. The average molecular weight is 544 g/mol. The van der Waals surface area contributed by atoms with Gasteiger partial charge in [-0.2, -0.15) is 19.8 Å². The molecule has 0 atom stereocenters. The first-order chi connectivity index (χ1) is 17.7. The van der Waals surface area contributed by atoms with Crippen molar-refractivity contribution >= 4 is 43.5 Å². The van der Waals surface area contributed by atoms with Crippen LogP contribution in [0.25, 0.3) is 10.2 Å². The molecule has 2 aromatic carbocycles. The second kappa shape index (κ2) is 12.4. The van der Waals surface area contributed by atoms with Crippen LogP contribution >= 0.6 is 11.3 Å². The van der Waals surface area contributed by atoms with Crippen molar-refractivity contribution in [1.29, 1.82) is 10.5 Å². The van der Waals surface area contributed by atoms with E-state index in [1.54, 1.807) is 13.0 Å². The largest absolute Gasteiger partial charge is 0.465 e. The van der Waals surface area contributed by atoms with Crippen LogP contribution in [0, 0.1) is 28.5 Å². The molecule has 0 N–H and O–H groups in total. The molecule has 0 radical (unpaired) electrons. The highest BCUT2D eigenvalue weighted by Crippen LogP contribution is 2.21. The summed E-state index contributed by atoms with van der Waals surface area (Å²) in [6.45, 7) is 1.28. The molecule has 0 aliphatic rings. The number of fused-ring (bicyclic) bond motifs is 1. The highest BCUT2D eigenvalue weighted by molar-refractivity contribution is 7.89. The Balaban J connectivity index is 1.96. The SMILES string of the molecule is CCOC(=O)Cn1c(=NC(=O)c2ccc(S(=O)(=O)N(CCC#N)CCC#N)cc2)sc2cccc(F)c21. The monoisotopic (exact) mass is 543 g/mol. The van der Waals surface area contributed by atoms with E-state index in [0.29, 0.717) is 4.70 Å². The fourth-order valence-electron chi connectivity index (χ4n) is 3.43. The lowest BCUT2D eigenvalue weighted by molar-refractivity contribution is -0.143. The second-order valence-corrected chi connectivity index (χ2v) is 10.5. The predicted octanol–water partition coefficient (Wildman–Crippen LogP) is 2.96. The fraction of sp³-hybridized carbons (Fsp3) is 0.292. The van der Waals surface area contributed by atoms with Crippen LogP contribution in [0.5, 0.6) is 0 Å². The third-order valence-corrected chi connectivity index (χ3v) is 8.08. The number of carbonyl (C=O) groups is 2. The minimum Gasteiger partial charge on any atom is -0.465 e. The summed E-state index contributed by atoms with van der Waals surface area (Å²) in [4.78, 5) is 29.0. The number of aromatic nitrogens is 1. The first-order valence-corrected chi connectivity index (χ1v) is 13.3. The molecule has 0 unspecified atom stereocenters. The Kier molecular flexibility index (Phi) is 9.25. The molecule has 1 heterocycles. The molecule has 0 saturated heterocycles. The van der Waals surface area contributed by atoms with E-state index in [0.717, 1.165) is 15.6 Å². The Morgan fingerprint density at radius 3 is 2.35 bits per heavy atom. The maximum absolute atomic E-state index is 14.5. The zero-order valence-electron chi connectivity index (χ0n) is 19.8. The van der Waals surface area contributed by atoms with E-state index in [1.807, 2.05) is 12.1 Å². The van der Waals surface area contributed by atoms with Gasteiger partial charge in [-0.3, -0.25) is 9.59 Å². The van der Waals surface area contributed by atoms with Gasteiger partial charge in [0.1, 0.15) is 12.4 Å². The Labute approximate surface area is 216 Å². The van der Waals surface area contributed by atoms with Gasteiger partial charge in [0.05, 0.1) is 33.9 Å². The number of sulfonamides is 1. The van der Waals surface area contributed by atoms with Crippen LogP contribution in [0.15, 0.2) is 52.4 Å².